The van der Waals surface area contributed by atoms with Gasteiger partial charge >= 0.3 is 0 Å². The molecule has 0 saturated heterocycles. The zero-order valence-corrected chi connectivity index (χ0v) is 13.3. The second-order valence-electron chi connectivity index (χ2n) is 4.08. The number of nitrogens with zero attached hydrogens (tertiary/aromatic N) is 1. The molecule has 0 bridgehead atoms. The van der Waals surface area contributed by atoms with E-state index in [1.54, 1.807) is 36.4 Å². The van der Waals surface area contributed by atoms with Gasteiger partial charge in [0.15, 0.2) is 0 Å². The first-order valence-electron chi connectivity index (χ1n) is 6.17. The summed E-state index contributed by atoms with van der Waals surface area (Å²) in [6.45, 7) is 0.768. The summed E-state index contributed by atoms with van der Waals surface area (Å²) in [6.07, 6.45) is 1.32. The Morgan fingerprint density at radius 3 is 2.52 bits per heavy atom. The molecule has 0 radical (unpaired) electrons. The predicted octanol–water partition coefficient (Wildman–Crippen LogP) is 4.37. The van der Waals surface area contributed by atoms with Gasteiger partial charge in [0.2, 0.25) is 0 Å². The van der Waals surface area contributed by atoms with E-state index in [1.807, 2.05) is 6.07 Å². The molecule has 0 aliphatic rings. The van der Waals surface area contributed by atoms with Crippen molar-refractivity contribution >= 4 is 33.7 Å². The molecular weight excluding hydrogens is 358 g/mol. The van der Waals surface area contributed by atoms with Crippen LogP contribution in [-0.2, 0) is 0 Å². The highest BCUT2D eigenvalue weighted by molar-refractivity contribution is 9.10. The molecule has 0 amide bonds. The molecule has 0 spiro atoms. The average Bonchev–Trinajstić information content (AvgIpc) is 2.48. The molecule has 0 heterocycles. The lowest BCUT2D eigenvalue weighted by molar-refractivity contribution is 0.217. The maximum atomic E-state index is 8.64. The molecule has 0 atom stereocenters. The van der Waals surface area contributed by atoms with Crippen molar-refractivity contribution in [3.63, 3.8) is 0 Å². The topological polar surface area (TPSA) is 51.1 Å². The van der Waals surface area contributed by atoms with Crippen LogP contribution in [0.2, 0.25) is 5.02 Å². The zero-order chi connectivity index (χ0) is 15.1. The van der Waals surface area contributed by atoms with Crippen LogP contribution < -0.4 is 9.47 Å². The van der Waals surface area contributed by atoms with Gasteiger partial charge in [0.1, 0.15) is 24.7 Å². The molecule has 1 N–H and O–H groups in total. The van der Waals surface area contributed by atoms with Crippen molar-refractivity contribution < 1.29 is 14.7 Å². The van der Waals surface area contributed by atoms with Crippen molar-refractivity contribution in [2.45, 2.75) is 0 Å². The number of hydrogen-bond acceptors (Lipinski definition) is 4. The molecule has 2 rings (SSSR count). The number of benzene rings is 2. The molecule has 6 heteroatoms. The molecule has 0 aromatic heterocycles. The minimum atomic E-state index is 0.372. The van der Waals surface area contributed by atoms with Crippen LogP contribution in [0.3, 0.4) is 0 Å². The number of rotatable bonds is 6. The Labute approximate surface area is 136 Å². The van der Waals surface area contributed by atoms with Crippen LogP contribution in [0.1, 0.15) is 5.56 Å². The Hall–Kier alpha value is -1.72. The Morgan fingerprint density at radius 1 is 1.10 bits per heavy atom. The van der Waals surface area contributed by atoms with Crippen LogP contribution in [-0.4, -0.2) is 24.6 Å². The van der Waals surface area contributed by atoms with Gasteiger partial charge in [-0.3, -0.25) is 0 Å². The van der Waals surface area contributed by atoms with Crippen LogP contribution in [0.15, 0.2) is 52.1 Å². The molecule has 0 aliphatic carbocycles. The molecule has 0 saturated carbocycles. The highest BCUT2D eigenvalue weighted by Gasteiger charge is 2.03. The minimum absolute atomic E-state index is 0.372. The third-order valence-electron chi connectivity index (χ3n) is 2.59. The number of hydrogen-bond donors (Lipinski definition) is 1. The lowest BCUT2D eigenvalue weighted by Gasteiger charge is -2.10. The maximum absolute atomic E-state index is 8.64. The molecule has 0 aliphatic heterocycles. The van der Waals surface area contributed by atoms with Crippen LogP contribution in [0.25, 0.3) is 0 Å². The number of ether oxygens (including phenoxy) is 2. The summed E-state index contributed by atoms with van der Waals surface area (Å²) in [6, 6.07) is 12.6. The van der Waals surface area contributed by atoms with E-state index in [0.29, 0.717) is 29.5 Å². The minimum Gasteiger partial charge on any atom is -0.490 e. The van der Waals surface area contributed by atoms with Crippen molar-refractivity contribution in [2.75, 3.05) is 13.2 Å². The summed E-state index contributed by atoms with van der Waals surface area (Å²) in [5.41, 5.74) is 0.679. The first kappa shape index (κ1) is 15.7. The van der Waals surface area contributed by atoms with Gasteiger partial charge < -0.3 is 14.7 Å². The van der Waals surface area contributed by atoms with E-state index in [4.69, 9.17) is 26.3 Å². The quantitative estimate of drug-likeness (QED) is 0.355. The van der Waals surface area contributed by atoms with Crippen molar-refractivity contribution in [3.8, 4) is 11.5 Å². The van der Waals surface area contributed by atoms with Gasteiger partial charge in [-0.2, -0.15) is 0 Å². The Morgan fingerprint density at radius 2 is 1.81 bits per heavy atom. The monoisotopic (exact) mass is 369 g/mol. The van der Waals surface area contributed by atoms with Gasteiger partial charge in [-0.15, -0.1) is 0 Å². The third-order valence-corrected chi connectivity index (χ3v) is 3.34. The summed E-state index contributed by atoms with van der Waals surface area (Å²) in [5.74, 6) is 1.35. The van der Waals surface area contributed by atoms with Crippen LogP contribution in [0, 0.1) is 0 Å². The molecular formula is C15H13BrClNO3. The van der Waals surface area contributed by atoms with Gasteiger partial charge in [0.05, 0.1) is 6.21 Å². The summed E-state index contributed by atoms with van der Waals surface area (Å²) in [5, 5.41) is 12.3. The standard InChI is InChI=1S/C15H13BrClNO3/c16-12-1-6-15(11(9-12)10-18-19)21-8-7-20-14-4-2-13(17)3-5-14/h1-6,9-10,19H,7-8H2. The van der Waals surface area contributed by atoms with E-state index in [9.17, 15) is 0 Å². The third kappa shape index (κ3) is 4.95. The summed E-state index contributed by atoms with van der Waals surface area (Å²) in [7, 11) is 0. The molecule has 2 aromatic rings. The first-order valence-corrected chi connectivity index (χ1v) is 7.34. The fourth-order valence-electron chi connectivity index (χ4n) is 1.66. The SMILES string of the molecule is ON=Cc1cc(Br)ccc1OCCOc1ccc(Cl)cc1. The number of oxime groups is 1. The summed E-state index contributed by atoms with van der Waals surface area (Å²) < 4.78 is 12.0. The van der Waals surface area contributed by atoms with E-state index in [2.05, 4.69) is 21.1 Å². The van der Waals surface area contributed by atoms with Gasteiger partial charge in [-0.1, -0.05) is 32.7 Å². The second-order valence-corrected chi connectivity index (χ2v) is 5.43. The van der Waals surface area contributed by atoms with Crippen molar-refractivity contribution in [3.05, 3.63) is 57.5 Å². The van der Waals surface area contributed by atoms with E-state index < -0.39 is 0 Å². The smallest absolute Gasteiger partial charge is 0.128 e. The van der Waals surface area contributed by atoms with E-state index in [0.717, 1.165) is 10.2 Å². The highest BCUT2D eigenvalue weighted by Crippen LogP contribution is 2.22. The van der Waals surface area contributed by atoms with Crippen LogP contribution in [0.4, 0.5) is 0 Å². The van der Waals surface area contributed by atoms with Gasteiger partial charge in [0, 0.05) is 15.1 Å². The molecule has 0 fully saturated rings. The molecule has 110 valence electrons. The average molecular weight is 371 g/mol. The van der Waals surface area contributed by atoms with Crippen molar-refractivity contribution in [1.82, 2.24) is 0 Å². The molecule has 4 nitrogen and oxygen atoms in total. The fourth-order valence-corrected chi connectivity index (χ4v) is 2.16. The van der Waals surface area contributed by atoms with Gasteiger partial charge in [-0.05, 0) is 42.5 Å². The van der Waals surface area contributed by atoms with Crippen molar-refractivity contribution in [1.29, 1.82) is 0 Å². The summed E-state index contributed by atoms with van der Waals surface area (Å²) in [4.78, 5) is 0. The van der Waals surface area contributed by atoms with Crippen LogP contribution in [0.5, 0.6) is 11.5 Å². The summed E-state index contributed by atoms with van der Waals surface area (Å²) >= 11 is 9.15. The first-order chi connectivity index (χ1) is 10.2. The van der Waals surface area contributed by atoms with E-state index >= 15 is 0 Å². The lowest BCUT2D eigenvalue weighted by atomic mass is 10.2. The molecule has 2 aromatic carbocycles. The van der Waals surface area contributed by atoms with E-state index in [1.165, 1.54) is 6.21 Å². The van der Waals surface area contributed by atoms with Gasteiger partial charge in [-0.25, -0.2) is 0 Å². The Bertz CT molecular complexity index is 617. The normalized spacial score (nSPS) is 10.8. The van der Waals surface area contributed by atoms with Crippen LogP contribution >= 0.6 is 27.5 Å². The lowest BCUT2D eigenvalue weighted by Crippen LogP contribution is -2.10. The van der Waals surface area contributed by atoms with Gasteiger partial charge in [0.25, 0.3) is 0 Å². The predicted molar refractivity (Wildman–Crippen MR) is 86.0 cm³/mol. The zero-order valence-electron chi connectivity index (χ0n) is 11.0. The maximum Gasteiger partial charge on any atom is 0.128 e. The number of halogens is 2. The molecule has 0 unspecified atom stereocenters. The van der Waals surface area contributed by atoms with E-state index in [-0.39, 0.29) is 0 Å². The fraction of sp³-hybridized carbons (Fsp3) is 0.133. The highest BCUT2D eigenvalue weighted by atomic mass is 79.9. The van der Waals surface area contributed by atoms with Crippen molar-refractivity contribution in [2.24, 2.45) is 5.16 Å². The second kappa shape index (κ2) is 7.90. The largest absolute Gasteiger partial charge is 0.490 e. The molecule has 21 heavy (non-hydrogen) atoms. The Kier molecular flexibility index (Phi) is 5.90. The Balaban J connectivity index is 1.87.